The monoisotopic (exact) mass is 410 g/mol. The lowest BCUT2D eigenvalue weighted by atomic mass is 10.0. The molecule has 0 spiro atoms. The molecule has 1 fully saturated rings. The minimum absolute atomic E-state index is 0.00954. The number of aromatic nitrogens is 2. The third kappa shape index (κ3) is 2.84. The molecule has 2 aromatic heterocycles. The topological polar surface area (TPSA) is 33.4 Å². The van der Waals surface area contributed by atoms with Gasteiger partial charge in [0.1, 0.15) is 6.04 Å². The average molecular weight is 411 g/mol. The molecule has 0 saturated carbocycles. The molecule has 3 atom stereocenters. The number of pyridine rings is 1. The summed E-state index contributed by atoms with van der Waals surface area (Å²) in [5.41, 5.74) is 3.47. The lowest BCUT2D eigenvalue weighted by Gasteiger charge is -2.28. The quantitative estimate of drug-likeness (QED) is 0.440. The average Bonchev–Trinajstić information content (AvgIpc) is 3.48. The highest BCUT2D eigenvalue weighted by Crippen LogP contribution is 2.47. The maximum atomic E-state index is 5.12. The fourth-order valence-electron chi connectivity index (χ4n) is 4.63. The summed E-state index contributed by atoms with van der Waals surface area (Å²) in [6.45, 7) is 3.29. The van der Waals surface area contributed by atoms with Gasteiger partial charge in [-0.3, -0.25) is 9.98 Å². The van der Waals surface area contributed by atoms with E-state index in [4.69, 9.17) is 4.99 Å². The summed E-state index contributed by atoms with van der Waals surface area (Å²) >= 11 is 1.88. The van der Waals surface area contributed by atoms with Crippen LogP contribution in [0.3, 0.4) is 0 Å². The summed E-state index contributed by atoms with van der Waals surface area (Å²) in [6, 6.07) is 25.9. The molecule has 4 aromatic rings. The van der Waals surface area contributed by atoms with E-state index in [0.29, 0.717) is 5.25 Å². The van der Waals surface area contributed by atoms with Crippen LogP contribution < -0.4 is 0 Å². The minimum Gasteiger partial charge on any atom is -0.339 e. The van der Waals surface area contributed by atoms with Gasteiger partial charge in [-0.1, -0.05) is 55.1 Å². The predicted molar refractivity (Wildman–Crippen MR) is 124 cm³/mol. The van der Waals surface area contributed by atoms with Crippen LogP contribution in [0.2, 0.25) is 0 Å². The Kier molecular flexibility index (Phi) is 4.16. The van der Waals surface area contributed by atoms with Gasteiger partial charge >= 0.3 is 0 Å². The fraction of sp³-hybridized carbons (Fsp3) is 0.200. The van der Waals surface area contributed by atoms with Crippen LogP contribution in [0.4, 0.5) is 0 Å². The number of thioether (sulfide) groups is 1. The number of hydrogen-bond donors (Lipinski definition) is 0. The largest absolute Gasteiger partial charge is 0.339 e. The first-order valence-corrected chi connectivity index (χ1v) is 11.2. The second-order valence-electron chi connectivity index (χ2n) is 7.97. The van der Waals surface area contributed by atoms with Gasteiger partial charge in [0, 0.05) is 35.6 Å². The van der Waals surface area contributed by atoms with Crippen molar-refractivity contribution in [1.82, 2.24) is 14.5 Å². The van der Waals surface area contributed by atoms with Crippen molar-refractivity contribution in [2.45, 2.75) is 24.3 Å². The fourth-order valence-corrected chi connectivity index (χ4v) is 5.73. The molecule has 6 rings (SSSR count). The zero-order chi connectivity index (χ0) is 20.1. The van der Waals surface area contributed by atoms with Gasteiger partial charge in [0.05, 0.1) is 11.7 Å². The van der Waals surface area contributed by atoms with Crippen LogP contribution in [0.25, 0.3) is 16.5 Å². The molecule has 0 N–H and O–H groups in total. The first-order valence-electron chi connectivity index (χ1n) is 10.4. The standard InChI is InChI=1S/C25H22N4S/c1-17-16-29-24(23(27-25(29)30-17)21-9-4-5-13-26-21)22-10-6-14-28(22)20-12-11-18-7-2-3-8-19(18)15-20/h2-15,17,23-24H,16H2,1H3/t17-,23-,24-/m1/s1. The normalized spacial score (nSPS) is 23.0. The number of aliphatic imine (C=N–C) groups is 1. The Morgan fingerprint density at radius 2 is 1.80 bits per heavy atom. The lowest BCUT2D eigenvalue weighted by molar-refractivity contribution is 0.312. The maximum absolute atomic E-state index is 5.12. The Balaban J connectivity index is 1.47. The number of fused-ring (bicyclic) bond motifs is 2. The molecule has 2 aliphatic rings. The highest BCUT2D eigenvalue weighted by molar-refractivity contribution is 8.14. The molecule has 148 valence electrons. The second kappa shape index (κ2) is 7.03. The Morgan fingerprint density at radius 3 is 2.67 bits per heavy atom. The van der Waals surface area contributed by atoms with Gasteiger partial charge in [-0.15, -0.1) is 0 Å². The Bertz CT molecular complexity index is 1250. The van der Waals surface area contributed by atoms with E-state index in [-0.39, 0.29) is 12.1 Å². The Labute approximate surface area is 180 Å². The summed E-state index contributed by atoms with van der Waals surface area (Å²) in [6.07, 6.45) is 4.04. The highest BCUT2D eigenvalue weighted by atomic mass is 32.2. The van der Waals surface area contributed by atoms with Crippen LogP contribution in [0.1, 0.15) is 30.4 Å². The lowest BCUT2D eigenvalue weighted by Crippen LogP contribution is -2.30. The van der Waals surface area contributed by atoms with E-state index in [9.17, 15) is 0 Å². The van der Waals surface area contributed by atoms with Gasteiger partial charge in [0.25, 0.3) is 0 Å². The van der Waals surface area contributed by atoms with E-state index < -0.39 is 0 Å². The number of amidine groups is 1. The molecule has 0 amide bonds. The molecule has 0 aliphatic carbocycles. The van der Waals surface area contributed by atoms with Gasteiger partial charge in [0.2, 0.25) is 0 Å². The van der Waals surface area contributed by atoms with Crippen molar-refractivity contribution in [1.29, 1.82) is 0 Å². The maximum Gasteiger partial charge on any atom is 0.160 e. The number of nitrogens with zero attached hydrogens (tertiary/aromatic N) is 4. The summed E-state index contributed by atoms with van der Waals surface area (Å²) in [4.78, 5) is 12.3. The Morgan fingerprint density at radius 1 is 0.933 bits per heavy atom. The molecule has 30 heavy (non-hydrogen) atoms. The van der Waals surface area contributed by atoms with Crippen LogP contribution in [0.5, 0.6) is 0 Å². The number of rotatable bonds is 3. The molecule has 4 heterocycles. The zero-order valence-electron chi connectivity index (χ0n) is 16.7. The van der Waals surface area contributed by atoms with E-state index in [1.807, 2.05) is 24.0 Å². The van der Waals surface area contributed by atoms with Gasteiger partial charge in [-0.2, -0.15) is 0 Å². The van der Waals surface area contributed by atoms with Crippen molar-refractivity contribution < 1.29 is 0 Å². The van der Waals surface area contributed by atoms with Crippen molar-refractivity contribution in [3.05, 3.63) is 96.6 Å². The zero-order valence-corrected chi connectivity index (χ0v) is 17.5. The molecule has 0 radical (unpaired) electrons. The van der Waals surface area contributed by atoms with E-state index in [1.165, 1.54) is 22.2 Å². The van der Waals surface area contributed by atoms with Gasteiger partial charge in [0.15, 0.2) is 5.17 Å². The van der Waals surface area contributed by atoms with Crippen molar-refractivity contribution in [3.63, 3.8) is 0 Å². The van der Waals surface area contributed by atoms with Gasteiger partial charge in [-0.25, -0.2) is 0 Å². The molecule has 0 bridgehead atoms. The predicted octanol–water partition coefficient (Wildman–Crippen LogP) is 5.61. The summed E-state index contributed by atoms with van der Waals surface area (Å²) in [7, 11) is 0. The highest BCUT2D eigenvalue weighted by Gasteiger charge is 2.44. The molecule has 5 heteroatoms. The third-order valence-corrected chi connectivity index (χ3v) is 7.08. The first kappa shape index (κ1) is 17.8. The van der Waals surface area contributed by atoms with E-state index in [2.05, 4.69) is 94.3 Å². The molecular formula is C25H22N4S. The van der Waals surface area contributed by atoms with E-state index in [0.717, 1.165) is 17.4 Å². The number of hydrogen-bond acceptors (Lipinski definition) is 4. The molecule has 2 aromatic carbocycles. The van der Waals surface area contributed by atoms with Crippen LogP contribution in [-0.2, 0) is 0 Å². The number of benzene rings is 2. The van der Waals surface area contributed by atoms with Crippen LogP contribution in [0.15, 0.2) is 90.2 Å². The van der Waals surface area contributed by atoms with Crippen LogP contribution in [0, 0.1) is 0 Å². The molecule has 2 aliphatic heterocycles. The molecule has 0 unspecified atom stereocenters. The van der Waals surface area contributed by atoms with Crippen molar-refractivity contribution in [3.8, 4) is 5.69 Å². The molecule has 1 saturated heterocycles. The SMILES string of the molecule is C[C@@H]1CN2C(=N[C@H](c3ccccn3)[C@H]2c2cccn2-c2ccc3ccccc3c2)S1. The van der Waals surface area contributed by atoms with Gasteiger partial charge in [-0.05, 0) is 47.2 Å². The minimum atomic E-state index is 0.00954. The first-order chi connectivity index (χ1) is 14.8. The van der Waals surface area contributed by atoms with Crippen molar-refractivity contribution in [2.75, 3.05) is 6.54 Å². The summed E-state index contributed by atoms with van der Waals surface area (Å²) in [5.74, 6) is 0. The molecular weight excluding hydrogens is 388 g/mol. The van der Waals surface area contributed by atoms with E-state index >= 15 is 0 Å². The summed E-state index contributed by atoms with van der Waals surface area (Å²) < 4.78 is 2.32. The van der Waals surface area contributed by atoms with Crippen molar-refractivity contribution >= 4 is 27.7 Å². The second-order valence-corrected chi connectivity index (χ2v) is 9.38. The third-order valence-electron chi connectivity index (χ3n) is 5.98. The molecule has 4 nitrogen and oxygen atoms in total. The van der Waals surface area contributed by atoms with Crippen LogP contribution >= 0.6 is 11.8 Å². The smallest absolute Gasteiger partial charge is 0.160 e. The van der Waals surface area contributed by atoms with Crippen molar-refractivity contribution in [2.24, 2.45) is 4.99 Å². The summed E-state index contributed by atoms with van der Waals surface area (Å²) in [5, 5.41) is 4.22. The van der Waals surface area contributed by atoms with Crippen LogP contribution in [-0.4, -0.2) is 31.4 Å². The van der Waals surface area contributed by atoms with E-state index in [1.54, 1.807) is 0 Å². The van der Waals surface area contributed by atoms with Gasteiger partial charge < -0.3 is 9.47 Å². The Hall–Kier alpha value is -3.05.